The van der Waals surface area contributed by atoms with Gasteiger partial charge in [0, 0.05) is 46.9 Å². The number of hydrogen-bond donors (Lipinski definition) is 3. The number of hydrogen-bond acceptors (Lipinski definition) is 11. The quantitative estimate of drug-likeness (QED) is 0.0961. The Labute approximate surface area is 343 Å². The lowest BCUT2D eigenvalue weighted by Gasteiger charge is -2.16. The maximum atomic E-state index is 13.2. The second-order valence-corrected chi connectivity index (χ2v) is 15.2. The summed E-state index contributed by atoms with van der Waals surface area (Å²) in [5, 5.41) is 25.3. The number of nitrogens with zero attached hydrogens (tertiary/aromatic N) is 6. The van der Waals surface area contributed by atoms with Crippen molar-refractivity contribution in [3.8, 4) is 22.8 Å². The Kier molecular flexibility index (Phi) is 12.2. The number of aliphatic hydroxyl groups is 1. The van der Waals surface area contributed by atoms with E-state index in [4.69, 9.17) is 23.2 Å². The highest BCUT2D eigenvalue weighted by Crippen LogP contribution is 2.34. The van der Waals surface area contributed by atoms with E-state index in [1.165, 1.54) is 23.2 Å². The fourth-order valence-corrected chi connectivity index (χ4v) is 6.89. The average molecular weight is 820 g/mol. The molecule has 15 heteroatoms. The standard InChI is InChI=1S/C22H22N4O3.C21H18Cl2N4O2/c1-14(28)19-20(18-4-2-3-11-23-18)25-26(12-15-5-6-15)22(29)21(19)24-17-9-7-16(13-27)8-10-17;1-12(28)18-19(17-4-2-3-7-24-17)26-27(11-13-5-6-13)21(29)20(18)25-16-9-14(22)8-15(23)10-16/h2-4,7-11,15,24,27H,5-6,12-13H2,1H3;2-4,7-10,13,25H,5-6,11H2,1H3. The molecule has 2 aliphatic rings. The molecule has 0 unspecified atom stereocenters. The molecule has 0 amide bonds. The minimum absolute atomic E-state index is 0.0632. The van der Waals surface area contributed by atoms with Crippen LogP contribution in [0.25, 0.3) is 22.8 Å². The first-order valence-corrected chi connectivity index (χ1v) is 19.6. The number of rotatable bonds is 13. The molecule has 2 aliphatic carbocycles. The van der Waals surface area contributed by atoms with E-state index in [9.17, 15) is 24.3 Å². The van der Waals surface area contributed by atoms with Gasteiger partial charge in [-0.1, -0.05) is 47.5 Å². The summed E-state index contributed by atoms with van der Waals surface area (Å²) in [6, 6.07) is 22.7. The highest BCUT2D eigenvalue weighted by molar-refractivity contribution is 6.35. The van der Waals surface area contributed by atoms with Crippen LogP contribution >= 0.6 is 23.2 Å². The highest BCUT2D eigenvalue weighted by atomic mass is 35.5. The van der Waals surface area contributed by atoms with Gasteiger partial charge in [0.1, 0.15) is 22.8 Å². The number of anilines is 4. The van der Waals surface area contributed by atoms with Gasteiger partial charge in [0.25, 0.3) is 11.1 Å². The zero-order valence-electron chi connectivity index (χ0n) is 31.8. The molecule has 2 fully saturated rings. The lowest BCUT2D eigenvalue weighted by molar-refractivity contribution is 0.101. The van der Waals surface area contributed by atoms with Gasteiger partial charge < -0.3 is 15.7 Å². The van der Waals surface area contributed by atoms with Gasteiger partial charge in [0.2, 0.25) is 0 Å². The molecule has 58 heavy (non-hydrogen) atoms. The number of aliphatic hydroxyl groups excluding tert-OH is 1. The maximum absolute atomic E-state index is 13.2. The van der Waals surface area contributed by atoms with E-state index >= 15 is 0 Å². The smallest absolute Gasteiger partial charge is 0.291 e. The van der Waals surface area contributed by atoms with Crippen molar-refractivity contribution in [1.29, 1.82) is 0 Å². The Morgan fingerprint density at radius 3 is 1.50 bits per heavy atom. The van der Waals surface area contributed by atoms with Gasteiger partial charge in [-0.15, -0.1) is 0 Å². The van der Waals surface area contributed by atoms with Crippen molar-refractivity contribution >= 4 is 57.5 Å². The lowest BCUT2D eigenvalue weighted by atomic mass is 10.1. The predicted molar refractivity (Wildman–Crippen MR) is 224 cm³/mol. The van der Waals surface area contributed by atoms with Crippen LogP contribution in [0.4, 0.5) is 22.7 Å². The van der Waals surface area contributed by atoms with E-state index in [0.29, 0.717) is 69.1 Å². The third-order valence-corrected chi connectivity index (χ3v) is 10.1. The summed E-state index contributed by atoms with van der Waals surface area (Å²) in [5.41, 5.74) is 3.83. The van der Waals surface area contributed by atoms with Crippen LogP contribution in [0.1, 0.15) is 65.8 Å². The summed E-state index contributed by atoms with van der Waals surface area (Å²) in [6.45, 7) is 3.79. The molecule has 6 aromatic rings. The summed E-state index contributed by atoms with van der Waals surface area (Å²) >= 11 is 12.2. The molecule has 4 aromatic heterocycles. The number of carbonyl (C=O) groups excluding carboxylic acids is 2. The largest absolute Gasteiger partial charge is 0.392 e. The molecule has 4 heterocycles. The van der Waals surface area contributed by atoms with E-state index in [1.54, 1.807) is 79.1 Å². The van der Waals surface area contributed by atoms with Crippen molar-refractivity contribution in [2.45, 2.75) is 59.2 Å². The summed E-state index contributed by atoms with van der Waals surface area (Å²) in [7, 11) is 0. The normalized spacial score (nSPS) is 13.3. The van der Waals surface area contributed by atoms with E-state index in [2.05, 4.69) is 30.8 Å². The first kappa shape index (κ1) is 40.2. The number of pyridine rings is 2. The van der Waals surface area contributed by atoms with Crippen LogP contribution in [0.3, 0.4) is 0 Å². The molecule has 296 valence electrons. The molecule has 2 saturated carbocycles. The van der Waals surface area contributed by atoms with Gasteiger partial charge in [-0.05, 0) is 112 Å². The van der Waals surface area contributed by atoms with Crippen LogP contribution in [0.2, 0.25) is 10.0 Å². The Morgan fingerprint density at radius 2 is 1.12 bits per heavy atom. The van der Waals surface area contributed by atoms with E-state index in [-0.39, 0.29) is 51.8 Å². The fourth-order valence-electron chi connectivity index (χ4n) is 6.37. The number of aromatic nitrogens is 6. The van der Waals surface area contributed by atoms with Crippen molar-refractivity contribution in [3.63, 3.8) is 0 Å². The zero-order chi connectivity index (χ0) is 40.9. The third kappa shape index (κ3) is 9.56. The van der Waals surface area contributed by atoms with Gasteiger partial charge in [-0.25, -0.2) is 9.36 Å². The minimum Gasteiger partial charge on any atom is -0.392 e. The van der Waals surface area contributed by atoms with Gasteiger partial charge in [-0.3, -0.25) is 29.1 Å². The Hall–Kier alpha value is -6.02. The minimum atomic E-state index is -0.363. The SMILES string of the molecule is CC(=O)c1c(-c2ccccn2)nn(CC2CC2)c(=O)c1Nc1cc(Cl)cc(Cl)c1.CC(=O)c1c(-c2ccccn2)nn(CC2CC2)c(=O)c1Nc1ccc(CO)cc1. The van der Waals surface area contributed by atoms with Gasteiger partial charge >= 0.3 is 0 Å². The highest BCUT2D eigenvalue weighted by Gasteiger charge is 2.29. The first-order chi connectivity index (χ1) is 28.0. The second kappa shape index (κ2) is 17.6. The van der Waals surface area contributed by atoms with Gasteiger partial charge in [0.05, 0.1) is 29.1 Å². The summed E-state index contributed by atoms with van der Waals surface area (Å²) in [5.74, 6) is 0.317. The number of nitrogens with one attached hydrogen (secondary N) is 2. The molecular formula is C43H40Cl2N8O5. The third-order valence-electron chi connectivity index (χ3n) is 9.62. The molecule has 8 rings (SSSR count). The molecule has 0 spiro atoms. The van der Waals surface area contributed by atoms with Crippen LogP contribution in [0.15, 0.2) is 101 Å². The molecular weight excluding hydrogens is 779 g/mol. The van der Waals surface area contributed by atoms with Crippen LogP contribution in [-0.2, 0) is 19.7 Å². The molecule has 0 atom stereocenters. The van der Waals surface area contributed by atoms with E-state index < -0.39 is 0 Å². The number of halogens is 2. The number of carbonyl (C=O) groups is 2. The van der Waals surface area contributed by atoms with Crippen LogP contribution in [-0.4, -0.2) is 46.2 Å². The Bertz CT molecular complexity index is 2570. The van der Waals surface area contributed by atoms with Crippen molar-refractivity contribution in [3.05, 3.63) is 139 Å². The Morgan fingerprint density at radius 1 is 0.672 bits per heavy atom. The van der Waals surface area contributed by atoms with Crippen LogP contribution in [0, 0.1) is 11.8 Å². The predicted octanol–water partition coefficient (Wildman–Crippen LogP) is 8.12. The fraction of sp³-hybridized carbons (Fsp3) is 0.256. The van der Waals surface area contributed by atoms with E-state index in [1.807, 2.05) is 12.1 Å². The zero-order valence-corrected chi connectivity index (χ0v) is 33.3. The van der Waals surface area contributed by atoms with E-state index in [0.717, 1.165) is 31.2 Å². The van der Waals surface area contributed by atoms with Crippen LogP contribution in [0.5, 0.6) is 0 Å². The van der Waals surface area contributed by atoms with Crippen LogP contribution < -0.4 is 21.8 Å². The molecule has 0 saturated heterocycles. The van der Waals surface area contributed by atoms with Crippen molar-refractivity contribution < 1.29 is 14.7 Å². The summed E-state index contributed by atoms with van der Waals surface area (Å²) < 4.78 is 2.86. The van der Waals surface area contributed by atoms with Gasteiger partial charge in [0.15, 0.2) is 11.6 Å². The number of Topliss-reactive ketones (excluding diaryl/α,β-unsaturated/α-hetero) is 2. The maximum Gasteiger partial charge on any atom is 0.291 e. The monoisotopic (exact) mass is 818 g/mol. The average Bonchev–Trinajstić information content (AvgIpc) is 4.16. The molecule has 0 aliphatic heterocycles. The molecule has 0 bridgehead atoms. The topological polar surface area (TPSA) is 174 Å². The second-order valence-electron chi connectivity index (χ2n) is 14.4. The van der Waals surface area contributed by atoms with Crippen molar-refractivity contribution in [2.75, 3.05) is 10.6 Å². The lowest BCUT2D eigenvalue weighted by Crippen LogP contribution is -2.29. The van der Waals surface area contributed by atoms with Crippen molar-refractivity contribution in [1.82, 2.24) is 29.5 Å². The number of benzene rings is 2. The first-order valence-electron chi connectivity index (χ1n) is 18.8. The summed E-state index contributed by atoms with van der Waals surface area (Å²) in [6.07, 6.45) is 7.54. The molecule has 2 aromatic carbocycles. The van der Waals surface area contributed by atoms with Crippen molar-refractivity contribution in [2.24, 2.45) is 11.8 Å². The number of ketones is 2. The molecule has 13 nitrogen and oxygen atoms in total. The van der Waals surface area contributed by atoms with Gasteiger partial charge in [-0.2, -0.15) is 10.2 Å². The Balaban J connectivity index is 0.000000177. The summed E-state index contributed by atoms with van der Waals surface area (Å²) in [4.78, 5) is 60.2. The molecule has 3 N–H and O–H groups in total. The molecule has 0 radical (unpaired) electrons.